The van der Waals surface area contributed by atoms with Crippen LogP contribution in [0.1, 0.15) is 34.2 Å². The van der Waals surface area contributed by atoms with Crippen molar-refractivity contribution in [1.29, 1.82) is 0 Å². The summed E-state index contributed by atoms with van der Waals surface area (Å²) in [6.45, 7) is 8.19. The van der Waals surface area contributed by atoms with Gasteiger partial charge in [0.1, 0.15) is 5.69 Å². The van der Waals surface area contributed by atoms with Crippen molar-refractivity contribution in [2.45, 2.75) is 37.5 Å². The quantitative estimate of drug-likeness (QED) is 0.855. The van der Waals surface area contributed by atoms with Crippen LogP contribution in [-0.4, -0.2) is 17.6 Å². The molecule has 0 bridgehead atoms. The minimum absolute atomic E-state index is 0.288. The van der Waals surface area contributed by atoms with Gasteiger partial charge < -0.3 is 9.72 Å². The molecule has 1 aromatic carbocycles. The second-order valence-corrected chi connectivity index (χ2v) is 5.80. The van der Waals surface area contributed by atoms with Crippen molar-refractivity contribution < 1.29 is 9.53 Å². The molecule has 1 aromatic heterocycles. The predicted molar refractivity (Wildman–Crippen MR) is 81.5 cm³/mol. The molecule has 0 radical (unpaired) electrons. The first-order valence-corrected chi connectivity index (χ1v) is 7.45. The second-order valence-electron chi connectivity index (χ2n) is 4.71. The molecule has 0 atom stereocenters. The molecule has 2 aromatic rings. The largest absolute Gasteiger partial charge is 0.461 e. The summed E-state index contributed by atoms with van der Waals surface area (Å²) in [6.07, 6.45) is 0. The number of hydrogen-bond donors (Lipinski definition) is 1. The Labute approximate surface area is 123 Å². The fraction of sp³-hybridized carbons (Fsp3) is 0.312. The topological polar surface area (TPSA) is 42.1 Å². The van der Waals surface area contributed by atoms with E-state index in [2.05, 4.69) is 36.2 Å². The average molecular weight is 289 g/mol. The highest BCUT2D eigenvalue weighted by atomic mass is 32.2. The minimum atomic E-state index is -0.288. The zero-order chi connectivity index (χ0) is 14.7. The Kier molecular flexibility index (Phi) is 4.55. The monoisotopic (exact) mass is 289 g/mol. The molecule has 0 amide bonds. The fourth-order valence-electron chi connectivity index (χ4n) is 2.02. The van der Waals surface area contributed by atoms with Crippen molar-refractivity contribution in [3.8, 4) is 0 Å². The first-order chi connectivity index (χ1) is 9.52. The number of esters is 1. The third-order valence-electron chi connectivity index (χ3n) is 3.09. The van der Waals surface area contributed by atoms with Gasteiger partial charge >= 0.3 is 5.97 Å². The van der Waals surface area contributed by atoms with Crippen molar-refractivity contribution in [2.75, 3.05) is 6.61 Å². The minimum Gasteiger partial charge on any atom is -0.461 e. The van der Waals surface area contributed by atoms with Gasteiger partial charge in [-0.15, -0.1) is 0 Å². The molecule has 2 rings (SSSR count). The number of rotatable bonds is 4. The van der Waals surface area contributed by atoms with Gasteiger partial charge in [-0.05, 0) is 45.4 Å². The third-order valence-corrected chi connectivity index (χ3v) is 4.41. The summed E-state index contributed by atoms with van der Waals surface area (Å²) in [5.74, 6) is -0.288. The maximum atomic E-state index is 11.9. The molecule has 0 fully saturated rings. The summed E-state index contributed by atoms with van der Waals surface area (Å²) in [5.41, 5.74) is 3.74. The number of ether oxygens (including phenoxy) is 1. The van der Waals surface area contributed by atoms with Crippen LogP contribution in [0.5, 0.6) is 0 Å². The van der Waals surface area contributed by atoms with E-state index in [4.69, 9.17) is 4.74 Å². The number of carbonyl (C=O) groups excluding carboxylic acids is 1. The zero-order valence-electron chi connectivity index (χ0n) is 12.2. The molecule has 0 aliphatic rings. The Bertz CT molecular complexity index is 614. The molecule has 1 heterocycles. The van der Waals surface area contributed by atoms with E-state index in [1.165, 1.54) is 5.56 Å². The van der Waals surface area contributed by atoms with Crippen LogP contribution in [0.15, 0.2) is 34.1 Å². The highest BCUT2D eigenvalue weighted by Gasteiger charge is 2.18. The normalized spacial score (nSPS) is 10.6. The summed E-state index contributed by atoms with van der Waals surface area (Å²) in [5, 5.41) is 0. The molecule has 106 valence electrons. The Balaban J connectivity index is 2.28. The molecule has 1 N–H and O–H groups in total. The summed E-state index contributed by atoms with van der Waals surface area (Å²) >= 11 is 1.67. The van der Waals surface area contributed by atoms with E-state index in [-0.39, 0.29) is 5.97 Å². The van der Waals surface area contributed by atoms with E-state index in [0.717, 1.165) is 21.0 Å². The van der Waals surface area contributed by atoms with Crippen LogP contribution in [0.25, 0.3) is 0 Å². The predicted octanol–water partition coefficient (Wildman–Crippen LogP) is 4.27. The van der Waals surface area contributed by atoms with Gasteiger partial charge in [-0.2, -0.15) is 0 Å². The fourth-order valence-corrected chi connectivity index (χ4v) is 2.98. The molecule has 0 unspecified atom stereocenters. The van der Waals surface area contributed by atoms with E-state index >= 15 is 0 Å². The van der Waals surface area contributed by atoms with Gasteiger partial charge in [-0.3, -0.25) is 0 Å². The smallest absolute Gasteiger partial charge is 0.355 e. The Morgan fingerprint density at radius 1 is 1.20 bits per heavy atom. The molecular weight excluding hydrogens is 270 g/mol. The van der Waals surface area contributed by atoms with Crippen LogP contribution < -0.4 is 0 Å². The number of hydrogen-bond acceptors (Lipinski definition) is 3. The highest BCUT2D eigenvalue weighted by molar-refractivity contribution is 7.99. The van der Waals surface area contributed by atoms with Gasteiger partial charge in [-0.25, -0.2) is 4.79 Å². The third kappa shape index (κ3) is 3.07. The summed E-state index contributed by atoms with van der Waals surface area (Å²) < 4.78 is 5.06. The van der Waals surface area contributed by atoms with E-state index in [9.17, 15) is 4.79 Å². The Morgan fingerprint density at radius 3 is 2.45 bits per heavy atom. The van der Waals surface area contributed by atoms with Crippen LogP contribution in [0, 0.1) is 20.8 Å². The van der Waals surface area contributed by atoms with Crippen LogP contribution in [0.4, 0.5) is 0 Å². The first-order valence-electron chi connectivity index (χ1n) is 6.63. The number of aromatic nitrogens is 1. The number of H-pyrrole nitrogens is 1. The Hall–Kier alpha value is -1.68. The molecule has 0 saturated carbocycles. The van der Waals surface area contributed by atoms with E-state index in [1.807, 2.05) is 20.8 Å². The van der Waals surface area contributed by atoms with Crippen molar-refractivity contribution >= 4 is 17.7 Å². The lowest BCUT2D eigenvalue weighted by Gasteiger charge is -2.04. The summed E-state index contributed by atoms with van der Waals surface area (Å²) in [4.78, 5) is 17.3. The number of benzene rings is 1. The van der Waals surface area contributed by atoms with Gasteiger partial charge in [0.05, 0.1) is 6.61 Å². The van der Waals surface area contributed by atoms with Gasteiger partial charge in [-0.1, -0.05) is 29.5 Å². The van der Waals surface area contributed by atoms with Crippen LogP contribution in [-0.2, 0) is 4.74 Å². The van der Waals surface area contributed by atoms with Gasteiger partial charge in [0.25, 0.3) is 0 Å². The number of aromatic amines is 1. The lowest BCUT2D eigenvalue weighted by molar-refractivity contribution is 0.0519. The van der Waals surface area contributed by atoms with Crippen LogP contribution in [0.2, 0.25) is 0 Å². The van der Waals surface area contributed by atoms with Crippen molar-refractivity contribution in [3.05, 3.63) is 46.8 Å². The van der Waals surface area contributed by atoms with Gasteiger partial charge in [0, 0.05) is 15.5 Å². The lowest BCUT2D eigenvalue weighted by atomic mass is 10.2. The number of aryl methyl sites for hydroxylation is 2. The molecule has 0 aliphatic heterocycles. The van der Waals surface area contributed by atoms with Crippen molar-refractivity contribution in [3.63, 3.8) is 0 Å². The molecule has 3 nitrogen and oxygen atoms in total. The van der Waals surface area contributed by atoms with E-state index in [0.29, 0.717) is 12.3 Å². The molecule has 20 heavy (non-hydrogen) atoms. The maximum Gasteiger partial charge on any atom is 0.355 e. The molecule has 0 aliphatic carbocycles. The Morgan fingerprint density at radius 2 is 1.85 bits per heavy atom. The molecule has 0 saturated heterocycles. The maximum absolute atomic E-state index is 11.9. The average Bonchev–Trinajstić information content (AvgIpc) is 2.69. The molecule has 4 heteroatoms. The first kappa shape index (κ1) is 14.7. The highest BCUT2D eigenvalue weighted by Crippen LogP contribution is 2.34. The molecular formula is C16H19NO2S. The zero-order valence-corrected chi connectivity index (χ0v) is 13.1. The van der Waals surface area contributed by atoms with Crippen LogP contribution >= 0.6 is 11.8 Å². The second kappa shape index (κ2) is 6.18. The lowest BCUT2D eigenvalue weighted by Crippen LogP contribution is -2.06. The number of nitrogens with one attached hydrogen (secondary N) is 1. The standard InChI is InChI=1S/C16H19NO2S/c1-5-19-16(18)14-11(3)15(12(4)17-14)20-13-8-6-10(2)7-9-13/h6-9,17H,5H2,1-4H3. The molecule has 0 spiro atoms. The van der Waals surface area contributed by atoms with Crippen molar-refractivity contribution in [1.82, 2.24) is 4.98 Å². The van der Waals surface area contributed by atoms with Crippen molar-refractivity contribution in [2.24, 2.45) is 0 Å². The number of carbonyl (C=O) groups is 1. The summed E-state index contributed by atoms with van der Waals surface area (Å²) in [6, 6.07) is 8.36. The SMILES string of the molecule is CCOC(=O)c1[nH]c(C)c(Sc2ccc(C)cc2)c1C. The summed E-state index contributed by atoms with van der Waals surface area (Å²) in [7, 11) is 0. The van der Waals surface area contributed by atoms with Gasteiger partial charge in [0.15, 0.2) is 0 Å². The van der Waals surface area contributed by atoms with Crippen LogP contribution in [0.3, 0.4) is 0 Å². The van der Waals surface area contributed by atoms with Gasteiger partial charge in [0.2, 0.25) is 0 Å². The van der Waals surface area contributed by atoms with E-state index < -0.39 is 0 Å². The van der Waals surface area contributed by atoms with E-state index in [1.54, 1.807) is 11.8 Å².